The number of carbonyl (C=O) groups excluding carboxylic acids is 1. The first-order valence-electron chi connectivity index (χ1n) is 9.93. The van der Waals surface area contributed by atoms with Crippen LogP contribution in [0.25, 0.3) is 27.7 Å². The van der Waals surface area contributed by atoms with Crippen LogP contribution in [0.1, 0.15) is 16.2 Å². The van der Waals surface area contributed by atoms with Crippen LogP contribution < -0.4 is 10.9 Å². The number of rotatable bonds is 4. The van der Waals surface area contributed by atoms with Gasteiger partial charge in [-0.3, -0.25) is 9.59 Å². The molecule has 0 spiro atoms. The molecular weight excluding hydrogens is 442 g/mol. The number of hydrogen-bond donors (Lipinski definition) is 2. The Morgan fingerprint density at radius 3 is 2.64 bits per heavy atom. The van der Waals surface area contributed by atoms with Crippen LogP contribution in [0.5, 0.6) is 0 Å². The average molecular weight is 458 g/mol. The van der Waals surface area contributed by atoms with Crippen LogP contribution >= 0.6 is 11.6 Å². The molecule has 4 heterocycles. The minimum atomic E-state index is -0.401. The standard InChI is InChI=1S/C23H16ClN7O2/c1-13-15(16-3-2-4-18-17(16)7-8-25-22(18)32)5-6-20(29-13)23(33)30-14-11-19(24)21(26-12-14)31-27-9-10-28-31/h2-12H,1H3,(H,25,32)(H,30,33). The predicted molar refractivity (Wildman–Crippen MR) is 125 cm³/mol. The molecule has 0 bridgehead atoms. The minimum absolute atomic E-state index is 0.155. The van der Waals surface area contributed by atoms with Gasteiger partial charge in [-0.05, 0) is 42.1 Å². The van der Waals surface area contributed by atoms with E-state index in [1.807, 2.05) is 31.2 Å². The molecule has 5 rings (SSSR count). The van der Waals surface area contributed by atoms with Gasteiger partial charge in [-0.25, -0.2) is 9.97 Å². The Balaban J connectivity index is 1.42. The molecule has 0 atom stereocenters. The van der Waals surface area contributed by atoms with Crippen molar-refractivity contribution in [3.05, 3.63) is 94.0 Å². The average Bonchev–Trinajstić information content (AvgIpc) is 3.34. The predicted octanol–water partition coefficient (Wildman–Crippen LogP) is 3.78. The van der Waals surface area contributed by atoms with Gasteiger partial charge in [0.1, 0.15) is 5.69 Å². The van der Waals surface area contributed by atoms with E-state index in [2.05, 4.69) is 30.5 Å². The molecule has 0 saturated heterocycles. The number of nitrogens with zero attached hydrogens (tertiary/aromatic N) is 5. The summed E-state index contributed by atoms with van der Waals surface area (Å²) in [6.07, 6.45) is 6.12. The highest BCUT2D eigenvalue weighted by Gasteiger charge is 2.15. The number of pyridine rings is 3. The van der Waals surface area contributed by atoms with Gasteiger partial charge in [0.15, 0.2) is 5.82 Å². The van der Waals surface area contributed by atoms with Crippen LogP contribution in [0.4, 0.5) is 5.69 Å². The number of carbonyl (C=O) groups is 1. The Hall–Kier alpha value is -4.37. The quantitative estimate of drug-likeness (QED) is 0.424. The van der Waals surface area contributed by atoms with Crippen molar-refractivity contribution in [2.24, 2.45) is 0 Å². The maximum absolute atomic E-state index is 12.8. The Bertz CT molecular complexity index is 1560. The summed E-state index contributed by atoms with van der Waals surface area (Å²) in [6, 6.07) is 12.4. The highest BCUT2D eigenvalue weighted by molar-refractivity contribution is 6.32. The van der Waals surface area contributed by atoms with E-state index in [1.165, 1.54) is 23.4 Å². The van der Waals surface area contributed by atoms with Gasteiger partial charge in [-0.1, -0.05) is 29.8 Å². The molecule has 0 radical (unpaired) electrons. The van der Waals surface area contributed by atoms with E-state index in [-0.39, 0.29) is 16.3 Å². The number of fused-ring (bicyclic) bond motifs is 1. The van der Waals surface area contributed by atoms with Gasteiger partial charge >= 0.3 is 0 Å². The summed E-state index contributed by atoms with van der Waals surface area (Å²) < 4.78 is 0. The van der Waals surface area contributed by atoms with Crippen molar-refractivity contribution in [3.63, 3.8) is 0 Å². The topological polar surface area (TPSA) is 118 Å². The largest absolute Gasteiger partial charge is 0.329 e. The molecule has 0 aliphatic heterocycles. The van der Waals surface area contributed by atoms with E-state index in [1.54, 1.807) is 24.4 Å². The van der Waals surface area contributed by atoms with E-state index < -0.39 is 5.91 Å². The highest BCUT2D eigenvalue weighted by atomic mass is 35.5. The van der Waals surface area contributed by atoms with E-state index in [0.29, 0.717) is 22.6 Å². The number of H-pyrrole nitrogens is 1. The molecule has 1 amide bonds. The van der Waals surface area contributed by atoms with Crippen molar-refractivity contribution >= 4 is 34.0 Å². The molecule has 0 unspecified atom stereocenters. The van der Waals surface area contributed by atoms with Gasteiger partial charge in [-0.15, -0.1) is 4.80 Å². The number of nitrogens with one attached hydrogen (secondary N) is 2. The van der Waals surface area contributed by atoms with Crippen LogP contribution in [-0.4, -0.2) is 35.9 Å². The monoisotopic (exact) mass is 457 g/mol. The van der Waals surface area contributed by atoms with Crippen LogP contribution in [0.15, 0.2) is 72.0 Å². The summed E-state index contributed by atoms with van der Waals surface area (Å²) in [5.74, 6) is -0.0474. The molecule has 1 aromatic carbocycles. The first-order chi connectivity index (χ1) is 16.0. The van der Waals surface area contributed by atoms with Gasteiger partial charge < -0.3 is 10.3 Å². The number of aromatic nitrogens is 6. The van der Waals surface area contributed by atoms with Gasteiger partial charge in [-0.2, -0.15) is 10.2 Å². The number of anilines is 1. The van der Waals surface area contributed by atoms with E-state index in [9.17, 15) is 9.59 Å². The lowest BCUT2D eigenvalue weighted by molar-refractivity contribution is 0.102. The second-order valence-corrected chi connectivity index (χ2v) is 7.61. The van der Waals surface area contributed by atoms with Crippen LogP contribution in [0.3, 0.4) is 0 Å². The third kappa shape index (κ3) is 3.85. The molecule has 9 nitrogen and oxygen atoms in total. The van der Waals surface area contributed by atoms with Crippen molar-refractivity contribution in [2.75, 3.05) is 5.32 Å². The number of hydrogen-bond acceptors (Lipinski definition) is 6. The van der Waals surface area contributed by atoms with Crippen molar-refractivity contribution in [3.8, 4) is 16.9 Å². The summed E-state index contributed by atoms with van der Waals surface area (Å²) in [5, 5.41) is 12.4. The van der Waals surface area contributed by atoms with Crippen molar-refractivity contribution in [2.45, 2.75) is 6.92 Å². The Morgan fingerprint density at radius 2 is 1.88 bits per heavy atom. The van der Waals surface area contributed by atoms with Gasteiger partial charge in [0, 0.05) is 22.8 Å². The summed E-state index contributed by atoms with van der Waals surface area (Å²) in [6.45, 7) is 1.82. The Labute approximate surface area is 192 Å². The maximum atomic E-state index is 12.8. The number of amides is 1. The maximum Gasteiger partial charge on any atom is 0.274 e. The fraction of sp³-hybridized carbons (Fsp3) is 0.0435. The van der Waals surface area contributed by atoms with Gasteiger partial charge in [0.25, 0.3) is 11.5 Å². The lowest BCUT2D eigenvalue weighted by Crippen LogP contribution is -2.15. The molecule has 0 aliphatic rings. The second kappa shape index (κ2) is 8.29. The van der Waals surface area contributed by atoms with Crippen molar-refractivity contribution in [1.82, 2.24) is 29.9 Å². The summed E-state index contributed by atoms with van der Waals surface area (Å²) in [7, 11) is 0. The highest BCUT2D eigenvalue weighted by Crippen LogP contribution is 2.29. The zero-order valence-corrected chi connectivity index (χ0v) is 18.0. The first-order valence-corrected chi connectivity index (χ1v) is 10.3. The third-order valence-corrected chi connectivity index (χ3v) is 5.39. The molecule has 10 heteroatoms. The van der Waals surface area contributed by atoms with Crippen LogP contribution in [0, 0.1) is 6.92 Å². The lowest BCUT2D eigenvalue weighted by atomic mass is 9.98. The molecule has 0 saturated carbocycles. The van der Waals surface area contributed by atoms with E-state index in [0.717, 1.165) is 16.5 Å². The number of halogens is 1. The summed E-state index contributed by atoms with van der Waals surface area (Å²) in [5.41, 5.74) is 2.86. The normalized spacial score (nSPS) is 11.0. The minimum Gasteiger partial charge on any atom is -0.329 e. The fourth-order valence-electron chi connectivity index (χ4n) is 3.59. The molecule has 0 aliphatic carbocycles. The Kier molecular flexibility index (Phi) is 5.15. The van der Waals surface area contributed by atoms with Gasteiger partial charge in [0.05, 0.1) is 29.3 Å². The summed E-state index contributed by atoms with van der Waals surface area (Å²) >= 11 is 6.27. The zero-order chi connectivity index (χ0) is 22.9. The number of benzene rings is 1. The lowest BCUT2D eigenvalue weighted by Gasteiger charge is -2.11. The molecule has 0 fully saturated rings. The molecule has 2 N–H and O–H groups in total. The zero-order valence-electron chi connectivity index (χ0n) is 17.3. The van der Waals surface area contributed by atoms with Crippen molar-refractivity contribution in [1.29, 1.82) is 0 Å². The smallest absolute Gasteiger partial charge is 0.274 e. The number of aryl methyl sites for hydroxylation is 1. The molecular formula is C23H16ClN7O2. The SMILES string of the molecule is Cc1nc(C(=O)Nc2cnc(-n3nccn3)c(Cl)c2)ccc1-c1cccc2c(=O)[nH]ccc12. The molecule has 4 aromatic heterocycles. The Morgan fingerprint density at radius 1 is 1.06 bits per heavy atom. The molecule has 5 aromatic rings. The van der Waals surface area contributed by atoms with Crippen molar-refractivity contribution < 1.29 is 4.79 Å². The fourth-order valence-corrected chi connectivity index (χ4v) is 3.84. The first kappa shape index (κ1) is 20.5. The van der Waals surface area contributed by atoms with E-state index >= 15 is 0 Å². The number of aromatic amines is 1. The van der Waals surface area contributed by atoms with Crippen LogP contribution in [0.2, 0.25) is 5.02 Å². The molecule has 33 heavy (non-hydrogen) atoms. The van der Waals surface area contributed by atoms with E-state index in [4.69, 9.17) is 11.6 Å². The second-order valence-electron chi connectivity index (χ2n) is 7.21. The molecule has 162 valence electrons. The van der Waals surface area contributed by atoms with Crippen LogP contribution in [-0.2, 0) is 0 Å². The third-order valence-electron chi connectivity index (χ3n) is 5.11. The van der Waals surface area contributed by atoms with Gasteiger partial charge in [0.2, 0.25) is 0 Å². The summed E-state index contributed by atoms with van der Waals surface area (Å²) in [4.78, 5) is 37.6.